The molecule has 0 fully saturated rings. The van der Waals surface area contributed by atoms with Gasteiger partial charge in [0.25, 0.3) is 0 Å². The highest BCUT2D eigenvalue weighted by Crippen LogP contribution is 2.22. The highest BCUT2D eigenvalue weighted by molar-refractivity contribution is 6.41. The van der Waals surface area contributed by atoms with Crippen molar-refractivity contribution >= 4 is 23.2 Å². The number of ether oxygens (including phenoxy) is 1. The van der Waals surface area contributed by atoms with Crippen molar-refractivity contribution in [1.82, 2.24) is 10.2 Å². The van der Waals surface area contributed by atoms with Gasteiger partial charge in [-0.25, -0.2) is 0 Å². The Bertz CT molecular complexity index is 284. The standard InChI is InChI=1S/C5H2Cl2F2N2O/c6-2-1-3(12-5(8)9)10-11-4(2)7/h1,5H. The fraction of sp³-hybridized carbons (Fsp3) is 0.200. The first-order valence-corrected chi connectivity index (χ1v) is 3.48. The van der Waals surface area contributed by atoms with E-state index in [-0.39, 0.29) is 16.1 Å². The molecule has 0 atom stereocenters. The molecule has 0 saturated carbocycles. The second-order valence-corrected chi connectivity index (χ2v) is 2.47. The smallest absolute Gasteiger partial charge is 0.388 e. The predicted octanol–water partition coefficient (Wildman–Crippen LogP) is 2.38. The number of aromatic nitrogens is 2. The molecule has 0 aliphatic carbocycles. The van der Waals surface area contributed by atoms with Crippen LogP contribution in [0, 0.1) is 0 Å². The Kier molecular flexibility index (Phi) is 2.99. The Morgan fingerprint density at radius 2 is 2.00 bits per heavy atom. The molecule has 12 heavy (non-hydrogen) atoms. The van der Waals surface area contributed by atoms with Gasteiger partial charge in [-0.15, -0.1) is 10.2 Å². The molecule has 1 aromatic heterocycles. The van der Waals surface area contributed by atoms with Gasteiger partial charge in [-0.05, 0) is 0 Å². The zero-order valence-electron chi connectivity index (χ0n) is 5.47. The van der Waals surface area contributed by atoms with Crippen molar-refractivity contribution in [1.29, 1.82) is 0 Å². The number of halogens is 4. The van der Waals surface area contributed by atoms with E-state index in [1.165, 1.54) is 0 Å². The number of alkyl halides is 2. The van der Waals surface area contributed by atoms with Crippen molar-refractivity contribution in [2.45, 2.75) is 6.61 Å². The van der Waals surface area contributed by atoms with Gasteiger partial charge in [0.05, 0.1) is 5.02 Å². The minimum absolute atomic E-state index is 0.0160. The van der Waals surface area contributed by atoms with Crippen molar-refractivity contribution in [2.24, 2.45) is 0 Å². The second-order valence-electron chi connectivity index (χ2n) is 1.70. The lowest BCUT2D eigenvalue weighted by Gasteiger charge is -2.01. The molecular weight excluding hydrogens is 213 g/mol. The molecular formula is C5H2Cl2F2N2O. The molecule has 0 spiro atoms. The number of hydrogen-bond acceptors (Lipinski definition) is 3. The summed E-state index contributed by atoms with van der Waals surface area (Å²) >= 11 is 10.8. The molecule has 0 unspecified atom stereocenters. The van der Waals surface area contributed by atoms with Crippen LogP contribution in [0.4, 0.5) is 8.78 Å². The Morgan fingerprint density at radius 3 is 2.50 bits per heavy atom. The fourth-order valence-electron chi connectivity index (χ4n) is 0.487. The van der Waals surface area contributed by atoms with E-state index in [1.54, 1.807) is 0 Å². The summed E-state index contributed by atoms with van der Waals surface area (Å²) in [5.74, 6) is -0.362. The van der Waals surface area contributed by atoms with E-state index in [2.05, 4.69) is 14.9 Å². The zero-order chi connectivity index (χ0) is 9.14. The zero-order valence-corrected chi connectivity index (χ0v) is 6.98. The van der Waals surface area contributed by atoms with Gasteiger partial charge in [0.2, 0.25) is 5.88 Å². The molecule has 66 valence electrons. The summed E-state index contributed by atoms with van der Waals surface area (Å²) in [6, 6.07) is 1.06. The van der Waals surface area contributed by atoms with Crippen LogP contribution in [-0.2, 0) is 0 Å². The summed E-state index contributed by atoms with van der Waals surface area (Å²) < 4.78 is 27.1. The van der Waals surface area contributed by atoms with Crippen LogP contribution < -0.4 is 4.74 Å². The summed E-state index contributed by atoms with van der Waals surface area (Å²) in [6.07, 6.45) is 0. The molecule has 0 aliphatic heterocycles. The predicted molar refractivity (Wildman–Crippen MR) is 38.7 cm³/mol. The van der Waals surface area contributed by atoms with E-state index in [9.17, 15) is 8.78 Å². The summed E-state index contributed by atoms with van der Waals surface area (Å²) in [6.45, 7) is -2.95. The molecule has 0 N–H and O–H groups in total. The lowest BCUT2D eigenvalue weighted by Crippen LogP contribution is -2.04. The lowest BCUT2D eigenvalue weighted by molar-refractivity contribution is -0.0534. The van der Waals surface area contributed by atoms with Gasteiger partial charge >= 0.3 is 6.61 Å². The summed E-state index contributed by atoms with van der Waals surface area (Å²) in [4.78, 5) is 0. The molecule has 0 aromatic carbocycles. The van der Waals surface area contributed by atoms with Crippen molar-refractivity contribution in [2.75, 3.05) is 0 Å². The minimum Gasteiger partial charge on any atom is -0.415 e. The van der Waals surface area contributed by atoms with E-state index in [0.717, 1.165) is 6.07 Å². The van der Waals surface area contributed by atoms with Crippen molar-refractivity contribution in [3.8, 4) is 5.88 Å². The van der Waals surface area contributed by atoms with Crippen molar-refractivity contribution < 1.29 is 13.5 Å². The average molecular weight is 215 g/mol. The van der Waals surface area contributed by atoms with Crippen molar-refractivity contribution in [3.63, 3.8) is 0 Å². The average Bonchev–Trinajstić information content (AvgIpc) is 1.96. The SMILES string of the molecule is FC(F)Oc1cc(Cl)c(Cl)nn1. The van der Waals surface area contributed by atoms with Gasteiger partial charge in [-0.2, -0.15) is 8.78 Å². The third-order valence-electron chi connectivity index (χ3n) is 0.893. The fourth-order valence-corrected chi connectivity index (χ4v) is 0.710. The maximum Gasteiger partial charge on any atom is 0.388 e. The quantitative estimate of drug-likeness (QED) is 0.759. The van der Waals surface area contributed by atoms with Gasteiger partial charge in [-0.3, -0.25) is 0 Å². The molecule has 0 aliphatic rings. The Morgan fingerprint density at radius 1 is 1.33 bits per heavy atom. The Hall–Kier alpha value is -0.680. The van der Waals surface area contributed by atoms with Gasteiger partial charge < -0.3 is 4.74 Å². The first kappa shape index (κ1) is 9.41. The molecule has 3 nitrogen and oxygen atoms in total. The summed E-state index contributed by atoms with van der Waals surface area (Å²) in [5, 5.41) is 6.43. The Balaban J connectivity index is 2.82. The highest BCUT2D eigenvalue weighted by Gasteiger charge is 2.08. The van der Waals surface area contributed by atoms with Crippen LogP contribution in [0.15, 0.2) is 6.07 Å². The third-order valence-corrected chi connectivity index (χ3v) is 1.56. The van der Waals surface area contributed by atoms with Crippen LogP contribution in [-0.4, -0.2) is 16.8 Å². The molecule has 0 saturated heterocycles. The monoisotopic (exact) mass is 214 g/mol. The topological polar surface area (TPSA) is 35.0 Å². The van der Waals surface area contributed by atoms with Crippen LogP contribution in [0.1, 0.15) is 0 Å². The van der Waals surface area contributed by atoms with Crippen molar-refractivity contribution in [3.05, 3.63) is 16.2 Å². The normalized spacial score (nSPS) is 10.4. The van der Waals surface area contributed by atoms with Crippen LogP contribution in [0.3, 0.4) is 0 Å². The molecule has 1 rings (SSSR count). The maximum absolute atomic E-state index is 11.6. The second kappa shape index (κ2) is 3.82. The minimum atomic E-state index is -2.95. The Labute approximate surface area is 76.3 Å². The van der Waals surface area contributed by atoms with E-state index in [4.69, 9.17) is 23.2 Å². The van der Waals surface area contributed by atoms with E-state index in [0.29, 0.717) is 0 Å². The molecule has 1 heterocycles. The van der Waals surface area contributed by atoms with Crippen LogP contribution in [0.5, 0.6) is 5.88 Å². The molecule has 0 bridgehead atoms. The summed E-state index contributed by atoms with van der Waals surface area (Å²) in [7, 11) is 0. The van der Waals surface area contributed by atoms with E-state index < -0.39 is 6.61 Å². The first-order valence-electron chi connectivity index (χ1n) is 2.73. The molecule has 7 heteroatoms. The van der Waals surface area contributed by atoms with E-state index >= 15 is 0 Å². The van der Waals surface area contributed by atoms with Crippen LogP contribution in [0.2, 0.25) is 10.2 Å². The molecule has 1 aromatic rings. The largest absolute Gasteiger partial charge is 0.415 e. The van der Waals surface area contributed by atoms with Gasteiger partial charge in [-0.1, -0.05) is 23.2 Å². The third kappa shape index (κ3) is 2.42. The maximum atomic E-state index is 11.6. The highest BCUT2D eigenvalue weighted by atomic mass is 35.5. The van der Waals surface area contributed by atoms with Gasteiger partial charge in [0, 0.05) is 6.07 Å². The van der Waals surface area contributed by atoms with Crippen LogP contribution >= 0.6 is 23.2 Å². The number of rotatable bonds is 2. The lowest BCUT2D eigenvalue weighted by atomic mass is 10.6. The summed E-state index contributed by atoms with van der Waals surface area (Å²) in [5.41, 5.74) is 0. The first-order chi connectivity index (χ1) is 5.59. The van der Waals surface area contributed by atoms with Gasteiger partial charge in [0.1, 0.15) is 0 Å². The molecule has 0 radical (unpaired) electrons. The number of hydrogen-bond donors (Lipinski definition) is 0. The number of nitrogens with zero attached hydrogens (tertiary/aromatic N) is 2. The van der Waals surface area contributed by atoms with E-state index in [1.807, 2.05) is 0 Å². The molecule has 0 amide bonds. The van der Waals surface area contributed by atoms with Crippen LogP contribution in [0.25, 0.3) is 0 Å². The van der Waals surface area contributed by atoms with Gasteiger partial charge in [0.15, 0.2) is 5.15 Å².